The Morgan fingerprint density at radius 2 is 1.90 bits per heavy atom. The lowest BCUT2D eigenvalue weighted by atomic mass is 10.1. The topological polar surface area (TPSA) is 136 Å². The average Bonchev–Trinajstić information content (AvgIpc) is 3.45. The van der Waals surface area contributed by atoms with E-state index in [4.69, 9.17) is 18.9 Å². The van der Waals surface area contributed by atoms with Crippen LogP contribution in [0.4, 0.5) is 11.5 Å². The number of ether oxygens (including phenoxy) is 4. The SMILES string of the molecule is CN1CCCCCOc2cc3c(ncnc3cc2OC[C@H](O)CN2CCS(=O)(=O)CC2)Nc2c(ccc3c2OCO3)C1. The standard InChI is InChI=1S/C29H37N5O7S/c1-33-7-3-2-4-10-38-25-13-22-23(14-26(25)39-17-21(35)16-34-8-11-42(36,37)12-9-34)30-18-31-29(22)32-27-20(15-33)5-6-24-28(27)41-19-40-24/h5-6,13-14,18,21,35H,2-4,7-12,15-17,19H2,1H3,(H,30,31,32)/t21-/m1/s1. The molecule has 2 N–H and O–H groups in total. The van der Waals surface area contributed by atoms with Crippen LogP contribution in [0.25, 0.3) is 10.9 Å². The zero-order valence-corrected chi connectivity index (χ0v) is 24.6. The van der Waals surface area contributed by atoms with Gasteiger partial charge in [0, 0.05) is 37.6 Å². The van der Waals surface area contributed by atoms with E-state index in [9.17, 15) is 13.5 Å². The van der Waals surface area contributed by atoms with Crippen LogP contribution in [0.1, 0.15) is 24.8 Å². The number of nitrogens with zero attached hydrogens (tertiary/aromatic N) is 4. The molecule has 1 atom stereocenters. The molecule has 1 aromatic heterocycles. The van der Waals surface area contributed by atoms with E-state index in [1.54, 1.807) is 6.07 Å². The third-order valence-electron chi connectivity index (χ3n) is 7.79. The van der Waals surface area contributed by atoms with Gasteiger partial charge in [-0.3, -0.25) is 4.90 Å². The Morgan fingerprint density at radius 3 is 2.76 bits per heavy atom. The van der Waals surface area contributed by atoms with E-state index in [0.29, 0.717) is 60.6 Å². The van der Waals surface area contributed by atoms with E-state index in [0.717, 1.165) is 49.0 Å². The molecule has 0 radical (unpaired) electrons. The number of fused-ring (bicyclic) bond motifs is 4. The molecule has 0 amide bonds. The van der Waals surface area contributed by atoms with Crippen LogP contribution in [-0.2, 0) is 16.4 Å². The van der Waals surface area contributed by atoms with Gasteiger partial charge in [-0.25, -0.2) is 18.4 Å². The Labute approximate surface area is 245 Å². The van der Waals surface area contributed by atoms with Gasteiger partial charge in [0.25, 0.3) is 0 Å². The van der Waals surface area contributed by atoms with Crippen LogP contribution in [0.15, 0.2) is 30.6 Å². The maximum Gasteiger partial charge on any atom is 0.231 e. The highest BCUT2D eigenvalue weighted by molar-refractivity contribution is 7.91. The largest absolute Gasteiger partial charge is 0.490 e. The summed E-state index contributed by atoms with van der Waals surface area (Å²) < 4.78 is 47.3. The van der Waals surface area contributed by atoms with Gasteiger partial charge in [0.1, 0.15) is 24.9 Å². The lowest BCUT2D eigenvalue weighted by Gasteiger charge is -2.28. The molecule has 4 heterocycles. The van der Waals surface area contributed by atoms with Gasteiger partial charge in [0.2, 0.25) is 6.79 Å². The van der Waals surface area contributed by atoms with Gasteiger partial charge < -0.3 is 34.3 Å². The Balaban J connectivity index is 1.28. The fraction of sp³-hybridized carbons (Fsp3) is 0.517. The van der Waals surface area contributed by atoms with Crippen molar-refractivity contribution in [2.75, 3.05) is 70.1 Å². The molecular formula is C29H37N5O7S. The van der Waals surface area contributed by atoms with E-state index in [-0.39, 0.29) is 24.9 Å². The quantitative estimate of drug-likeness (QED) is 0.446. The Hall–Kier alpha value is -3.39. The molecule has 1 saturated heterocycles. The molecule has 12 nitrogen and oxygen atoms in total. The molecule has 0 saturated carbocycles. The number of aromatic nitrogens is 2. The van der Waals surface area contributed by atoms with Crippen molar-refractivity contribution < 1.29 is 32.5 Å². The number of rotatable bonds is 5. The number of β-amino-alcohol motifs (C(OH)–C–C–N with tert-alkyl or cyclic N) is 1. The van der Waals surface area contributed by atoms with Crippen LogP contribution in [0, 0.1) is 0 Å². The maximum atomic E-state index is 11.7. The normalized spacial score (nSPS) is 20.1. The minimum Gasteiger partial charge on any atom is -0.490 e. The number of aliphatic hydroxyl groups excluding tert-OH is 1. The molecule has 226 valence electrons. The summed E-state index contributed by atoms with van der Waals surface area (Å²) in [6, 6.07) is 7.68. The minimum atomic E-state index is -2.98. The highest BCUT2D eigenvalue weighted by Crippen LogP contribution is 2.44. The number of aliphatic hydroxyl groups is 1. The van der Waals surface area contributed by atoms with Crippen LogP contribution >= 0.6 is 0 Å². The molecule has 2 bridgehead atoms. The predicted molar refractivity (Wildman–Crippen MR) is 158 cm³/mol. The van der Waals surface area contributed by atoms with Crippen molar-refractivity contribution in [3.63, 3.8) is 0 Å². The molecule has 3 aliphatic heterocycles. The summed E-state index contributed by atoms with van der Waals surface area (Å²) in [7, 11) is -0.869. The first kappa shape index (κ1) is 28.7. The number of anilines is 2. The van der Waals surface area contributed by atoms with Crippen molar-refractivity contribution in [2.24, 2.45) is 0 Å². The summed E-state index contributed by atoms with van der Waals surface area (Å²) in [6.07, 6.45) is 3.63. The average molecular weight is 600 g/mol. The third-order valence-corrected chi connectivity index (χ3v) is 9.40. The molecule has 3 aliphatic rings. The Morgan fingerprint density at radius 1 is 1.05 bits per heavy atom. The van der Waals surface area contributed by atoms with Crippen LogP contribution in [0.2, 0.25) is 0 Å². The van der Waals surface area contributed by atoms with Gasteiger partial charge >= 0.3 is 0 Å². The van der Waals surface area contributed by atoms with Gasteiger partial charge in [0.15, 0.2) is 32.8 Å². The molecule has 0 spiro atoms. The second-order valence-electron chi connectivity index (χ2n) is 11.1. The van der Waals surface area contributed by atoms with E-state index >= 15 is 0 Å². The molecule has 1 fully saturated rings. The van der Waals surface area contributed by atoms with Crippen LogP contribution in [0.3, 0.4) is 0 Å². The van der Waals surface area contributed by atoms with Crippen LogP contribution < -0.4 is 24.3 Å². The highest BCUT2D eigenvalue weighted by atomic mass is 32.2. The zero-order chi connectivity index (χ0) is 29.1. The molecule has 6 rings (SSSR count). The smallest absolute Gasteiger partial charge is 0.231 e. The van der Waals surface area contributed by atoms with Gasteiger partial charge in [-0.1, -0.05) is 6.07 Å². The minimum absolute atomic E-state index is 0.0322. The van der Waals surface area contributed by atoms with Gasteiger partial charge in [-0.15, -0.1) is 0 Å². The van der Waals surface area contributed by atoms with Gasteiger partial charge in [-0.2, -0.15) is 0 Å². The number of sulfone groups is 1. The monoisotopic (exact) mass is 599 g/mol. The van der Waals surface area contributed by atoms with E-state index < -0.39 is 15.9 Å². The molecule has 13 heteroatoms. The second-order valence-corrected chi connectivity index (χ2v) is 13.4. The van der Waals surface area contributed by atoms with Crippen molar-refractivity contribution in [3.8, 4) is 23.0 Å². The third kappa shape index (κ3) is 6.64. The fourth-order valence-electron chi connectivity index (χ4n) is 5.47. The molecule has 2 aromatic carbocycles. The fourth-order valence-corrected chi connectivity index (χ4v) is 6.75. The van der Waals surface area contributed by atoms with E-state index in [2.05, 4.69) is 33.3 Å². The number of hydrogen-bond acceptors (Lipinski definition) is 12. The molecule has 42 heavy (non-hydrogen) atoms. The van der Waals surface area contributed by atoms with E-state index in [1.807, 2.05) is 17.0 Å². The number of hydrogen-bond donors (Lipinski definition) is 2. The van der Waals surface area contributed by atoms with Crippen molar-refractivity contribution in [1.82, 2.24) is 19.8 Å². The summed E-state index contributed by atoms with van der Waals surface area (Å²) in [5, 5.41) is 14.9. The van der Waals surface area contributed by atoms with Gasteiger partial charge in [-0.05, 0) is 50.6 Å². The van der Waals surface area contributed by atoms with Crippen LogP contribution in [-0.4, -0.2) is 104 Å². The van der Waals surface area contributed by atoms with Crippen molar-refractivity contribution in [3.05, 3.63) is 36.2 Å². The summed E-state index contributed by atoms with van der Waals surface area (Å²) in [6.45, 7) is 3.54. The first-order chi connectivity index (χ1) is 20.3. The van der Waals surface area contributed by atoms with E-state index in [1.165, 1.54) is 6.33 Å². The predicted octanol–water partition coefficient (Wildman–Crippen LogP) is 2.57. The Kier molecular flexibility index (Phi) is 8.52. The van der Waals surface area contributed by atoms with Gasteiger partial charge in [0.05, 0.1) is 29.3 Å². The summed E-state index contributed by atoms with van der Waals surface area (Å²) >= 11 is 0. The van der Waals surface area contributed by atoms with Crippen molar-refractivity contribution in [1.29, 1.82) is 0 Å². The van der Waals surface area contributed by atoms with Crippen molar-refractivity contribution in [2.45, 2.75) is 31.9 Å². The summed E-state index contributed by atoms with van der Waals surface area (Å²) in [5.41, 5.74) is 2.53. The lowest BCUT2D eigenvalue weighted by molar-refractivity contribution is 0.0696. The maximum absolute atomic E-state index is 11.7. The summed E-state index contributed by atoms with van der Waals surface area (Å²) in [4.78, 5) is 13.3. The first-order valence-electron chi connectivity index (χ1n) is 14.4. The zero-order valence-electron chi connectivity index (χ0n) is 23.8. The number of benzene rings is 2. The van der Waals surface area contributed by atoms with Crippen molar-refractivity contribution >= 4 is 32.2 Å². The number of nitrogens with one attached hydrogen (secondary N) is 1. The highest BCUT2D eigenvalue weighted by Gasteiger charge is 2.25. The molecule has 0 unspecified atom stereocenters. The molecule has 3 aromatic rings. The second kappa shape index (κ2) is 12.5. The molecule has 0 aliphatic carbocycles. The summed E-state index contributed by atoms with van der Waals surface area (Å²) in [5.74, 6) is 3.19. The lowest BCUT2D eigenvalue weighted by Crippen LogP contribution is -2.44. The van der Waals surface area contributed by atoms with Crippen LogP contribution in [0.5, 0.6) is 23.0 Å². The molecular weight excluding hydrogens is 562 g/mol. The Bertz CT molecular complexity index is 1520. The first-order valence-corrected chi connectivity index (χ1v) is 16.2.